The van der Waals surface area contributed by atoms with Gasteiger partial charge in [-0.15, -0.1) is 0 Å². The highest BCUT2D eigenvalue weighted by atomic mass is 15.2. The van der Waals surface area contributed by atoms with Crippen LogP contribution in [0.5, 0.6) is 0 Å². The van der Waals surface area contributed by atoms with Crippen molar-refractivity contribution in [3.05, 3.63) is 17.6 Å². The highest BCUT2D eigenvalue weighted by Crippen LogP contribution is 2.21. The monoisotopic (exact) mass is 276 g/mol. The van der Waals surface area contributed by atoms with E-state index in [-0.39, 0.29) is 0 Å². The summed E-state index contributed by atoms with van der Waals surface area (Å²) in [5.41, 5.74) is 1.14. The minimum absolute atomic E-state index is 0.476. The maximum atomic E-state index is 4.67. The van der Waals surface area contributed by atoms with Crippen LogP contribution in [0.3, 0.4) is 0 Å². The van der Waals surface area contributed by atoms with Crippen LogP contribution in [0.2, 0.25) is 0 Å². The third-order valence-corrected chi connectivity index (χ3v) is 4.07. The predicted molar refractivity (Wildman–Crippen MR) is 84.2 cm³/mol. The SMILES string of the molecule is CCc1cc(N(CC2CCNCC2)C(C)C)nc(C)n1. The highest BCUT2D eigenvalue weighted by Gasteiger charge is 2.20. The molecule has 0 aromatic carbocycles. The molecule has 4 heteroatoms. The van der Waals surface area contributed by atoms with Crippen molar-refractivity contribution in [2.45, 2.75) is 53.0 Å². The van der Waals surface area contributed by atoms with Crippen LogP contribution in [-0.2, 0) is 6.42 Å². The molecule has 1 aliphatic rings. The van der Waals surface area contributed by atoms with Gasteiger partial charge in [0, 0.05) is 24.3 Å². The zero-order chi connectivity index (χ0) is 14.5. The van der Waals surface area contributed by atoms with E-state index in [0.717, 1.165) is 49.3 Å². The van der Waals surface area contributed by atoms with E-state index >= 15 is 0 Å². The normalized spacial score (nSPS) is 16.6. The van der Waals surface area contributed by atoms with Gasteiger partial charge in [-0.25, -0.2) is 9.97 Å². The minimum Gasteiger partial charge on any atom is -0.354 e. The van der Waals surface area contributed by atoms with Gasteiger partial charge >= 0.3 is 0 Å². The summed E-state index contributed by atoms with van der Waals surface area (Å²) in [5.74, 6) is 2.76. The van der Waals surface area contributed by atoms with Crippen LogP contribution in [0.25, 0.3) is 0 Å². The number of aromatic nitrogens is 2. The van der Waals surface area contributed by atoms with Crippen LogP contribution in [0.1, 0.15) is 45.1 Å². The van der Waals surface area contributed by atoms with E-state index in [1.54, 1.807) is 0 Å². The number of piperidine rings is 1. The molecule has 1 N–H and O–H groups in total. The van der Waals surface area contributed by atoms with E-state index in [1.807, 2.05) is 6.92 Å². The van der Waals surface area contributed by atoms with Gasteiger partial charge in [-0.1, -0.05) is 6.92 Å². The van der Waals surface area contributed by atoms with E-state index in [2.05, 4.69) is 47.0 Å². The summed E-state index contributed by atoms with van der Waals surface area (Å²) in [6, 6.07) is 2.64. The molecule has 1 aromatic heterocycles. The van der Waals surface area contributed by atoms with Crippen molar-refractivity contribution >= 4 is 5.82 Å². The molecule has 0 bridgehead atoms. The Morgan fingerprint density at radius 3 is 2.60 bits per heavy atom. The van der Waals surface area contributed by atoms with Gasteiger partial charge in [0.2, 0.25) is 0 Å². The molecule has 0 aliphatic carbocycles. The summed E-state index contributed by atoms with van der Waals surface area (Å²) in [6.45, 7) is 12.1. The maximum Gasteiger partial charge on any atom is 0.132 e. The molecule has 0 amide bonds. The first kappa shape index (κ1) is 15.2. The zero-order valence-electron chi connectivity index (χ0n) is 13.3. The van der Waals surface area contributed by atoms with E-state index in [1.165, 1.54) is 12.8 Å². The lowest BCUT2D eigenvalue weighted by atomic mass is 9.97. The molecule has 0 atom stereocenters. The molecule has 0 unspecified atom stereocenters. The third-order valence-electron chi connectivity index (χ3n) is 4.07. The summed E-state index contributed by atoms with van der Waals surface area (Å²) in [5, 5.41) is 3.44. The van der Waals surface area contributed by atoms with Gasteiger partial charge in [-0.2, -0.15) is 0 Å². The lowest BCUT2D eigenvalue weighted by molar-refractivity contribution is 0.367. The number of aryl methyl sites for hydroxylation is 2. The largest absolute Gasteiger partial charge is 0.354 e. The first-order valence-electron chi connectivity index (χ1n) is 7.92. The Morgan fingerprint density at radius 1 is 1.30 bits per heavy atom. The summed E-state index contributed by atoms with van der Waals surface area (Å²) in [4.78, 5) is 11.6. The van der Waals surface area contributed by atoms with E-state index in [9.17, 15) is 0 Å². The third kappa shape index (κ3) is 3.92. The fourth-order valence-corrected chi connectivity index (χ4v) is 2.85. The molecular weight excluding hydrogens is 248 g/mol. The van der Waals surface area contributed by atoms with Gasteiger partial charge < -0.3 is 10.2 Å². The van der Waals surface area contributed by atoms with Gasteiger partial charge in [0.05, 0.1) is 0 Å². The Hall–Kier alpha value is -1.16. The number of nitrogens with one attached hydrogen (secondary N) is 1. The van der Waals surface area contributed by atoms with Gasteiger partial charge in [0.25, 0.3) is 0 Å². The Bertz CT molecular complexity index is 424. The average Bonchev–Trinajstić information content (AvgIpc) is 2.44. The van der Waals surface area contributed by atoms with Crippen molar-refractivity contribution in [2.24, 2.45) is 5.92 Å². The van der Waals surface area contributed by atoms with Crippen molar-refractivity contribution in [1.29, 1.82) is 0 Å². The summed E-state index contributed by atoms with van der Waals surface area (Å²) in [6.07, 6.45) is 3.51. The van der Waals surface area contributed by atoms with Gasteiger partial charge in [0.1, 0.15) is 11.6 Å². The minimum atomic E-state index is 0.476. The summed E-state index contributed by atoms with van der Waals surface area (Å²) < 4.78 is 0. The van der Waals surface area contributed by atoms with Crippen LogP contribution < -0.4 is 10.2 Å². The lowest BCUT2D eigenvalue weighted by Crippen LogP contribution is -2.40. The molecule has 20 heavy (non-hydrogen) atoms. The second-order valence-electron chi connectivity index (χ2n) is 6.06. The molecule has 1 saturated heterocycles. The lowest BCUT2D eigenvalue weighted by Gasteiger charge is -2.34. The van der Waals surface area contributed by atoms with Crippen molar-refractivity contribution in [3.63, 3.8) is 0 Å². The molecule has 1 fully saturated rings. The highest BCUT2D eigenvalue weighted by molar-refractivity contribution is 5.41. The Kier molecular flexibility index (Phi) is 5.35. The van der Waals surface area contributed by atoms with E-state index < -0.39 is 0 Å². The van der Waals surface area contributed by atoms with E-state index in [0.29, 0.717) is 6.04 Å². The second kappa shape index (κ2) is 7.02. The van der Waals surface area contributed by atoms with E-state index in [4.69, 9.17) is 0 Å². The first-order chi connectivity index (χ1) is 9.60. The first-order valence-corrected chi connectivity index (χ1v) is 7.92. The number of anilines is 1. The summed E-state index contributed by atoms with van der Waals surface area (Å²) in [7, 11) is 0. The maximum absolute atomic E-state index is 4.67. The quantitative estimate of drug-likeness (QED) is 0.897. The Balaban J connectivity index is 2.16. The Labute approximate surface area is 123 Å². The molecule has 112 valence electrons. The van der Waals surface area contributed by atoms with Crippen LogP contribution in [0.15, 0.2) is 6.07 Å². The summed E-state index contributed by atoms with van der Waals surface area (Å²) >= 11 is 0. The second-order valence-corrected chi connectivity index (χ2v) is 6.06. The molecule has 0 radical (unpaired) electrons. The predicted octanol–water partition coefficient (Wildman–Crippen LogP) is 2.56. The number of hydrogen-bond acceptors (Lipinski definition) is 4. The fourth-order valence-electron chi connectivity index (χ4n) is 2.85. The molecule has 2 rings (SSSR count). The molecule has 0 saturated carbocycles. The van der Waals surface area contributed by atoms with Crippen molar-refractivity contribution in [1.82, 2.24) is 15.3 Å². The van der Waals surface area contributed by atoms with Crippen LogP contribution in [0, 0.1) is 12.8 Å². The molecule has 4 nitrogen and oxygen atoms in total. The number of hydrogen-bond donors (Lipinski definition) is 1. The zero-order valence-corrected chi connectivity index (χ0v) is 13.3. The fraction of sp³-hybridized carbons (Fsp3) is 0.750. The average molecular weight is 276 g/mol. The standard InChI is InChI=1S/C16H28N4/c1-5-15-10-16(19-13(4)18-15)20(12(2)3)11-14-6-8-17-9-7-14/h10,12,14,17H,5-9,11H2,1-4H3. The molecule has 1 aromatic rings. The van der Waals surface area contributed by atoms with Gasteiger partial charge in [-0.3, -0.25) is 0 Å². The topological polar surface area (TPSA) is 41.0 Å². The van der Waals surface area contributed by atoms with Crippen molar-refractivity contribution in [3.8, 4) is 0 Å². The molecule has 2 heterocycles. The molecular formula is C16H28N4. The van der Waals surface area contributed by atoms with Crippen molar-refractivity contribution < 1.29 is 0 Å². The number of rotatable bonds is 5. The van der Waals surface area contributed by atoms with Crippen LogP contribution >= 0.6 is 0 Å². The molecule has 1 aliphatic heterocycles. The van der Waals surface area contributed by atoms with Crippen LogP contribution in [0.4, 0.5) is 5.82 Å². The van der Waals surface area contributed by atoms with Crippen LogP contribution in [-0.4, -0.2) is 35.6 Å². The van der Waals surface area contributed by atoms with Gasteiger partial charge in [-0.05, 0) is 59.0 Å². The molecule has 0 spiro atoms. The number of nitrogens with zero attached hydrogens (tertiary/aromatic N) is 3. The Morgan fingerprint density at radius 2 is 2.00 bits per heavy atom. The van der Waals surface area contributed by atoms with Crippen molar-refractivity contribution in [2.75, 3.05) is 24.5 Å². The smallest absolute Gasteiger partial charge is 0.132 e. The van der Waals surface area contributed by atoms with Gasteiger partial charge in [0.15, 0.2) is 0 Å².